The van der Waals surface area contributed by atoms with Crippen molar-refractivity contribution < 1.29 is 9.53 Å². The Bertz CT molecular complexity index is 449. The molecular weight excluding hydrogens is 248 g/mol. The van der Waals surface area contributed by atoms with Crippen LogP contribution in [0, 0.1) is 19.8 Å². The molecule has 0 bridgehead atoms. The molecule has 2 nitrogen and oxygen atoms in total. The van der Waals surface area contributed by atoms with E-state index in [1.54, 1.807) is 0 Å². The highest BCUT2D eigenvalue weighted by Gasteiger charge is 2.14. The lowest BCUT2D eigenvalue weighted by molar-refractivity contribution is -0.119. The number of hydrogen-bond donors (Lipinski definition) is 0. The lowest BCUT2D eigenvalue weighted by Gasteiger charge is -2.17. The monoisotopic (exact) mass is 276 g/mol. The van der Waals surface area contributed by atoms with Gasteiger partial charge in [0.2, 0.25) is 0 Å². The van der Waals surface area contributed by atoms with Crippen LogP contribution in [0.25, 0.3) is 0 Å². The van der Waals surface area contributed by atoms with Gasteiger partial charge in [-0.3, -0.25) is 4.79 Å². The summed E-state index contributed by atoms with van der Waals surface area (Å²) in [5.74, 6) is 1.75. The third-order valence-electron chi connectivity index (χ3n) is 3.46. The first-order chi connectivity index (χ1) is 9.47. The van der Waals surface area contributed by atoms with Crippen molar-refractivity contribution in [2.24, 2.45) is 5.92 Å². The molecule has 0 aliphatic heterocycles. The summed E-state index contributed by atoms with van der Waals surface area (Å²) in [5.41, 5.74) is 3.68. The van der Waals surface area contributed by atoms with Crippen molar-refractivity contribution in [1.29, 1.82) is 0 Å². The molecule has 112 valence electrons. The van der Waals surface area contributed by atoms with Crippen LogP contribution in [0.2, 0.25) is 0 Å². The Hall–Kier alpha value is -1.31. The van der Waals surface area contributed by atoms with Crippen LogP contribution in [0.4, 0.5) is 0 Å². The lowest BCUT2D eigenvalue weighted by atomic mass is 9.92. The molecule has 1 unspecified atom stereocenters. The van der Waals surface area contributed by atoms with Crippen LogP contribution in [0.1, 0.15) is 56.7 Å². The summed E-state index contributed by atoms with van der Waals surface area (Å²) < 4.78 is 5.79. The summed E-state index contributed by atoms with van der Waals surface area (Å²) in [6.45, 7) is 11.1. The Morgan fingerprint density at radius 3 is 2.55 bits per heavy atom. The molecule has 0 N–H and O–H groups in total. The Morgan fingerprint density at radius 1 is 1.25 bits per heavy atom. The van der Waals surface area contributed by atoms with E-state index in [1.165, 1.54) is 16.7 Å². The van der Waals surface area contributed by atoms with Gasteiger partial charge in [0.05, 0.1) is 6.61 Å². The van der Waals surface area contributed by atoms with Crippen molar-refractivity contribution in [3.8, 4) is 5.75 Å². The maximum absolute atomic E-state index is 11.8. The lowest BCUT2D eigenvalue weighted by Crippen LogP contribution is -2.09. The number of carbonyl (C=O) groups is 1. The molecule has 1 aromatic carbocycles. The third-order valence-corrected chi connectivity index (χ3v) is 3.46. The first kappa shape index (κ1) is 16.7. The number of ether oxygens (including phenoxy) is 1. The summed E-state index contributed by atoms with van der Waals surface area (Å²) in [6, 6.07) is 4.35. The molecule has 0 amide bonds. The molecule has 0 aromatic heterocycles. The van der Waals surface area contributed by atoms with Gasteiger partial charge in [-0.1, -0.05) is 31.5 Å². The molecular formula is C18H28O2. The van der Waals surface area contributed by atoms with Crippen molar-refractivity contribution in [3.05, 3.63) is 28.8 Å². The number of carbonyl (C=O) groups excluding carboxylic acids is 1. The topological polar surface area (TPSA) is 26.3 Å². The highest BCUT2D eigenvalue weighted by Crippen LogP contribution is 2.28. The Labute approximate surface area is 123 Å². The first-order valence-electron chi connectivity index (χ1n) is 7.72. The van der Waals surface area contributed by atoms with Gasteiger partial charge in [0.25, 0.3) is 0 Å². The van der Waals surface area contributed by atoms with E-state index in [0.717, 1.165) is 18.6 Å². The van der Waals surface area contributed by atoms with E-state index in [0.29, 0.717) is 31.1 Å². The van der Waals surface area contributed by atoms with Crippen LogP contribution in [0.5, 0.6) is 5.75 Å². The number of hydrogen-bond acceptors (Lipinski definition) is 2. The van der Waals surface area contributed by atoms with Crippen molar-refractivity contribution in [1.82, 2.24) is 0 Å². The Kier molecular flexibility index (Phi) is 6.77. The zero-order chi connectivity index (χ0) is 15.1. The van der Waals surface area contributed by atoms with Crippen LogP contribution < -0.4 is 4.74 Å². The molecule has 1 aromatic rings. The Balaban J connectivity index is 2.82. The van der Waals surface area contributed by atoms with Crippen molar-refractivity contribution in [2.75, 3.05) is 6.61 Å². The zero-order valence-electron chi connectivity index (χ0n) is 13.6. The molecule has 2 heteroatoms. The maximum Gasteiger partial charge on any atom is 0.133 e. The number of aryl methyl sites for hydroxylation is 2. The molecule has 1 rings (SSSR count). The third kappa shape index (κ3) is 4.99. The minimum Gasteiger partial charge on any atom is -0.493 e. The van der Waals surface area contributed by atoms with E-state index in [-0.39, 0.29) is 0 Å². The maximum atomic E-state index is 11.8. The van der Waals surface area contributed by atoms with Gasteiger partial charge in [0, 0.05) is 12.8 Å². The largest absolute Gasteiger partial charge is 0.493 e. The van der Waals surface area contributed by atoms with Gasteiger partial charge < -0.3 is 4.74 Å². The van der Waals surface area contributed by atoms with Gasteiger partial charge >= 0.3 is 0 Å². The second-order valence-corrected chi connectivity index (χ2v) is 5.81. The quantitative estimate of drug-likeness (QED) is 0.691. The average molecular weight is 276 g/mol. The molecule has 0 saturated heterocycles. The first-order valence-corrected chi connectivity index (χ1v) is 7.72. The summed E-state index contributed by atoms with van der Waals surface area (Å²) in [7, 11) is 0. The minimum atomic E-state index is 0.370. The summed E-state index contributed by atoms with van der Waals surface area (Å²) in [6.07, 6.45) is 3.23. The molecule has 1 atom stereocenters. The zero-order valence-corrected chi connectivity index (χ0v) is 13.6. The highest BCUT2D eigenvalue weighted by atomic mass is 16.5. The van der Waals surface area contributed by atoms with Crippen LogP contribution in [0.15, 0.2) is 12.1 Å². The van der Waals surface area contributed by atoms with Gasteiger partial charge in [0.1, 0.15) is 11.5 Å². The van der Waals surface area contributed by atoms with E-state index in [4.69, 9.17) is 4.74 Å². The van der Waals surface area contributed by atoms with E-state index in [2.05, 4.69) is 39.8 Å². The molecule has 0 aliphatic carbocycles. The van der Waals surface area contributed by atoms with Gasteiger partial charge in [-0.25, -0.2) is 0 Å². The number of ketones is 1. The second-order valence-electron chi connectivity index (χ2n) is 5.81. The molecule has 0 heterocycles. The fourth-order valence-corrected chi connectivity index (χ4v) is 2.76. The highest BCUT2D eigenvalue weighted by molar-refractivity contribution is 5.78. The van der Waals surface area contributed by atoms with Crippen LogP contribution in [-0.4, -0.2) is 12.4 Å². The van der Waals surface area contributed by atoms with Crippen molar-refractivity contribution in [3.63, 3.8) is 0 Å². The normalized spacial score (nSPS) is 12.2. The van der Waals surface area contributed by atoms with Crippen molar-refractivity contribution in [2.45, 2.75) is 60.3 Å². The molecule has 0 aliphatic rings. The van der Waals surface area contributed by atoms with E-state index in [1.807, 2.05) is 6.92 Å². The van der Waals surface area contributed by atoms with E-state index >= 15 is 0 Å². The fraction of sp³-hybridized carbons (Fsp3) is 0.611. The SMILES string of the molecule is CCCC(=O)CC(C)Cc1cc(C)cc(C)c1OCC. The molecule has 0 spiro atoms. The van der Waals surface area contributed by atoms with Crippen molar-refractivity contribution >= 4 is 5.78 Å². The fourth-order valence-electron chi connectivity index (χ4n) is 2.76. The number of benzene rings is 1. The van der Waals surface area contributed by atoms with Crippen LogP contribution >= 0.6 is 0 Å². The van der Waals surface area contributed by atoms with Gasteiger partial charge in [0.15, 0.2) is 0 Å². The standard InChI is InChI=1S/C18H28O2/c1-6-8-17(19)12-14(4)11-16-10-13(3)9-15(5)18(16)20-7-2/h9-10,14H,6-8,11-12H2,1-5H3. The summed E-state index contributed by atoms with van der Waals surface area (Å²) in [4.78, 5) is 11.8. The number of rotatable bonds is 8. The molecule has 20 heavy (non-hydrogen) atoms. The van der Waals surface area contributed by atoms with Gasteiger partial charge in [-0.05, 0) is 50.7 Å². The smallest absolute Gasteiger partial charge is 0.133 e. The molecule has 0 saturated carbocycles. The second kappa shape index (κ2) is 8.08. The Morgan fingerprint density at radius 2 is 1.95 bits per heavy atom. The summed E-state index contributed by atoms with van der Waals surface area (Å²) >= 11 is 0. The number of Topliss-reactive ketones (excluding diaryl/α,β-unsaturated/α-hetero) is 1. The molecule has 0 radical (unpaired) electrons. The van der Waals surface area contributed by atoms with Crippen LogP contribution in [0.3, 0.4) is 0 Å². The van der Waals surface area contributed by atoms with Gasteiger partial charge in [-0.2, -0.15) is 0 Å². The predicted octanol–water partition coefficient (Wildman–Crippen LogP) is 4.64. The minimum absolute atomic E-state index is 0.370. The van der Waals surface area contributed by atoms with E-state index in [9.17, 15) is 4.79 Å². The average Bonchev–Trinajstić information content (AvgIpc) is 2.33. The summed E-state index contributed by atoms with van der Waals surface area (Å²) in [5, 5.41) is 0. The predicted molar refractivity (Wildman–Crippen MR) is 84.5 cm³/mol. The van der Waals surface area contributed by atoms with Crippen LogP contribution in [-0.2, 0) is 11.2 Å². The van der Waals surface area contributed by atoms with E-state index < -0.39 is 0 Å². The van der Waals surface area contributed by atoms with Gasteiger partial charge in [-0.15, -0.1) is 0 Å². The molecule has 0 fully saturated rings.